The fraction of sp³-hybridized carbons (Fsp3) is 0.0741. The summed E-state index contributed by atoms with van der Waals surface area (Å²) >= 11 is 0. The summed E-state index contributed by atoms with van der Waals surface area (Å²) in [6, 6.07) is 26.9. The smallest absolute Gasteiger partial charge is 0.340 e. The van der Waals surface area contributed by atoms with Crippen LogP contribution in [-0.4, -0.2) is 12.1 Å². The van der Waals surface area contributed by atoms with Gasteiger partial charge in [-0.25, -0.2) is 4.79 Å². The highest BCUT2D eigenvalue weighted by Crippen LogP contribution is 2.13. The predicted octanol–water partition coefficient (Wildman–Crippen LogP) is 5.90. The SMILES string of the molecule is C=CC(C/C=C/c1ccccc1)OC(=O)c1ccccc1C#Cc1ccccc1. The number of ether oxygens (including phenoxy) is 1. The lowest BCUT2D eigenvalue weighted by Crippen LogP contribution is -2.16. The molecule has 0 saturated carbocycles. The number of hydrogen-bond donors (Lipinski definition) is 0. The van der Waals surface area contributed by atoms with Gasteiger partial charge in [-0.05, 0) is 29.8 Å². The summed E-state index contributed by atoms with van der Waals surface area (Å²) in [5, 5.41) is 0. The maximum atomic E-state index is 12.7. The Bertz CT molecular complexity index is 1040. The molecule has 2 heteroatoms. The van der Waals surface area contributed by atoms with Gasteiger partial charge in [-0.1, -0.05) is 97.3 Å². The van der Waals surface area contributed by atoms with E-state index in [2.05, 4.69) is 18.4 Å². The molecule has 0 aromatic heterocycles. The molecule has 0 aliphatic heterocycles. The molecular weight excluding hydrogens is 356 g/mol. The number of carbonyl (C=O) groups is 1. The minimum absolute atomic E-state index is 0.402. The molecule has 0 spiro atoms. The van der Waals surface area contributed by atoms with Crippen molar-refractivity contribution in [3.63, 3.8) is 0 Å². The average molecular weight is 378 g/mol. The van der Waals surface area contributed by atoms with Crippen LogP contribution in [0.4, 0.5) is 0 Å². The fourth-order valence-corrected chi connectivity index (χ4v) is 2.73. The first-order valence-corrected chi connectivity index (χ1v) is 9.47. The summed E-state index contributed by atoms with van der Waals surface area (Å²) in [7, 11) is 0. The summed E-state index contributed by atoms with van der Waals surface area (Å²) in [5.41, 5.74) is 3.09. The molecule has 0 fully saturated rings. The first kappa shape index (κ1) is 19.9. The number of rotatable bonds is 6. The third-order valence-electron chi connectivity index (χ3n) is 4.26. The zero-order valence-corrected chi connectivity index (χ0v) is 16.1. The zero-order chi connectivity index (χ0) is 20.3. The van der Waals surface area contributed by atoms with Crippen molar-refractivity contribution in [2.75, 3.05) is 0 Å². The van der Waals surface area contributed by atoms with Gasteiger partial charge in [0.1, 0.15) is 6.10 Å². The standard InChI is InChI=1S/C27H22O2/c1-2-25(18-11-16-22-12-5-3-6-13-22)29-27(28)26-19-10-9-17-24(26)21-20-23-14-7-4-8-15-23/h2-17,19,25H,1,18H2/b16-11+. The van der Waals surface area contributed by atoms with E-state index in [1.165, 1.54) is 0 Å². The van der Waals surface area contributed by atoms with Crippen LogP contribution in [0, 0.1) is 11.8 Å². The normalized spacial score (nSPS) is 11.3. The summed E-state index contributed by atoms with van der Waals surface area (Å²) in [6.07, 6.45) is 5.78. The van der Waals surface area contributed by atoms with Crippen molar-refractivity contribution in [1.29, 1.82) is 0 Å². The first-order valence-electron chi connectivity index (χ1n) is 9.47. The Hall–Kier alpha value is -3.83. The molecular formula is C27H22O2. The molecule has 0 amide bonds. The Labute approximate surface area is 172 Å². The quantitative estimate of drug-likeness (QED) is 0.303. The topological polar surface area (TPSA) is 26.3 Å². The van der Waals surface area contributed by atoms with Crippen molar-refractivity contribution in [2.24, 2.45) is 0 Å². The number of esters is 1. The van der Waals surface area contributed by atoms with Crippen molar-refractivity contribution in [3.05, 3.63) is 126 Å². The van der Waals surface area contributed by atoms with Crippen molar-refractivity contribution >= 4 is 12.0 Å². The molecule has 1 atom stereocenters. The molecule has 0 radical (unpaired) electrons. The van der Waals surface area contributed by atoms with Gasteiger partial charge in [0.05, 0.1) is 5.56 Å². The second-order valence-electron chi connectivity index (χ2n) is 6.39. The molecule has 0 heterocycles. The number of carbonyl (C=O) groups excluding carboxylic acids is 1. The van der Waals surface area contributed by atoms with Gasteiger partial charge < -0.3 is 4.74 Å². The van der Waals surface area contributed by atoms with E-state index < -0.39 is 12.1 Å². The second kappa shape index (κ2) is 10.5. The van der Waals surface area contributed by atoms with Crippen LogP contribution in [0.2, 0.25) is 0 Å². The highest BCUT2D eigenvalue weighted by Gasteiger charge is 2.15. The average Bonchev–Trinajstić information content (AvgIpc) is 2.78. The van der Waals surface area contributed by atoms with E-state index in [0.29, 0.717) is 17.5 Å². The third-order valence-corrected chi connectivity index (χ3v) is 4.26. The van der Waals surface area contributed by atoms with Crippen LogP contribution in [0.1, 0.15) is 33.5 Å². The summed E-state index contributed by atoms with van der Waals surface area (Å²) in [4.78, 5) is 12.7. The number of hydrogen-bond acceptors (Lipinski definition) is 2. The molecule has 3 aromatic carbocycles. The molecule has 0 aliphatic rings. The van der Waals surface area contributed by atoms with E-state index >= 15 is 0 Å². The Morgan fingerprint density at radius 3 is 2.28 bits per heavy atom. The van der Waals surface area contributed by atoms with E-state index in [-0.39, 0.29) is 0 Å². The third kappa shape index (κ3) is 6.09. The van der Waals surface area contributed by atoms with E-state index in [9.17, 15) is 4.79 Å². The van der Waals surface area contributed by atoms with Crippen molar-refractivity contribution in [3.8, 4) is 11.8 Å². The zero-order valence-electron chi connectivity index (χ0n) is 16.1. The maximum Gasteiger partial charge on any atom is 0.340 e. The molecule has 0 saturated heterocycles. The highest BCUT2D eigenvalue weighted by molar-refractivity contribution is 5.92. The summed E-state index contributed by atoms with van der Waals surface area (Å²) in [6.45, 7) is 3.79. The van der Waals surface area contributed by atoms with Crippen molar-refractivity contribution in [2.45, 2.75) is 12.5 Å². The fourth-order valence-electron chi connectivity index (χ4n) is 2.73. The largest absolute Gasteiger partial charge is 0.454 e. The molecule has 3 aromatic rings. The van der Waals surface area contributed by atoms with Crippen LogP contribution >= 0.6 is 0 Å². The highest BCUT2D eigenvalue weighted by atomic mass is 16.5. The van der Waals surface area contributed by atoms with Crippen LogP contribution in [0.5, 0.6) is 0 Å². The Kier molecular flexibility index (Phi) is 7.21. The van der Waals surface area contributed by atoms with Crippen LogP contribution in [0.15, 0.2) is 104 Å². The minimum atomic E-state index is -0.405. The molecule has 0 bridgehead atoms. The van der Waals surface area contributed by atoms with Gasteiger partial charge in [0.25, 0.3) is 0 Å². The van der Waals surface area contributed by atoms with E-state index in [0.717, 1.165) is 11.1 Å². The van der Waals surface area contributed by atoms with Gasteiger partial charge in [0, 0.05) is 17.5 Å². The molecule has 0 aliphatic carbocycles. The van der Waals surface area contributed by atoms with Gasteiger partial charge in [-0.2, -0.15) is 0 Å². The van der Waals surface area contributed by atoms with Crippen molar-refractivity contribution in [1.82, 2.24) is 0 Å². The van der Waals surface area contributed by atoms with Gasteiger partial charge in [-0.15, -0.1) is 0 Å². The maximum absolute atomic E-state index is 12.7. The van der Waals surface area contributed by atoms with Gasteiger partial charge in [0.2, 0.25) is 0 Å². The summed E-state index contributed by atoms with van der Waals surface area (Å²) in [5.74, 6) is 5.76. The second-order valence-corrected chi connectivity index (χ2v) is 6.39. The van der Waals surface area contributed by atoms with Crippen LogP contribution < -0.4 is 0 Å². The Morgan fingerprint density at radius 2 is 1.55 bits per heavy atom. The summed E-state index contributed by atoms with van der Waals surface area (Å²) < 4.78 is 5.64. The first-order chi connectivity index (χ1) is 14.3. The predicted molar refractivity (Wildman–Crippen MR) is 118 cm³/mol. The van der Waals surface area contributed by atoms with E-state index in [1.54, 1.807) is 12.1 Å². The Morgan fingerprint density at radius 1 is 0.897 bits per heavy atom. The van der Waals surface area contributed by atoms with Gasteiger partial charge in [-0.3, -0.25) is 0 Å². The monoisotopic (exact) mass is 378 g/mol. The lowest BCUT2D eigenvalue weighted by molar-refractivity contribution is 0.0400. The van der Waals surface area contributed by atoms with Crippen LogP contribution in [-0.2, 0) is 4.74 Å². The van der Waals surface area contributed by atoms with Crippen molar-refractivity contribution < 1.29 is 9.53 Å². The minimum Gasteiger partial charge on any atom is -0.454 e. The lowest BCUT2D eigenvalue weighted by Gasteiger charge is -2.13. The number of benzene rings is 3. The van der Waals surface area contributed by atoms with Gasteiger partial charge >= 0.3 is 5.97 Å². The molecule has 142 valence electrons. The molecule has 1 unspecified atom stereocenters. The molecule has 3 rings (SSSR count). The molecule has 0 N–H and O–H groups in total. The lowest BCUT2D eigenvalue weighted by atomic mass is 10.1. The Balaban J connectivity index is 1.69. The van der Waals surface area contributed by atoms with E-state index in [4.69, 9.17) is 4.74 Å². The molecule has 29 heavy (non-hydrogen) atoms. The van der Waals surface area contributed by atoms with E-state index in [1.807, 2.05) is 91.0 Å². The molecule has 2 nitrogen and oxygen atoms in total. The van der Waals surface area contributed by atoms with Crippen LogP contribution in [0.25, 0.3) is 6.08 Å². The van der Waals surface area contributed by atoms with Crippen LogP contribution in [0.3, 0.4) is 0 Å². The van der Waals surface area contributed by atoms with Gasteiger partial charge in [0.15, 0.2) is 0 Å².